The minimum atomic E-state index is -3.70. The molecule has 3 rings (SSSR count). The number of nitrogens with one attached hydrogen (secondary N) is 2. The van der Waals surface area contributed by atoms with Gasteiger partial charge in [-0.1, -0.05) is 29.8 Å². The molecule has 0 aliphatic carbocycles. The van der Waals surface area contributed by atoms with E-state index in [-0.39, 0.29) is 10.8 Å². The Kier molecular flexibility index (Phi) is 6.51. The number of thiazole rings is 1. The highest BCUT2D eigenvalue weighted by atomic mass is 35.5. The Labute approximate surface area is 176 Å². The van der Waals surface area contributed by atoms with Crippen molar-refractivity contribution in [1.29, 1.82) is 0 Å². The van der Waals surface area contributed by atoms with Gasteiger partial charge in [-0.2, -0.15) is 4.72 Å². The number of hydrogen-bond acceptors (Lipinski definition) is 6. The van der Waals surface area contributed by atoms with Gasteiger partial charge < -0.3 is 5.32 Å². The number of hydrogen-bond donors (Lipinski definition) is 2. The molecule has 10 heteroatoms. The Morgan fingerprint density at radius 3 is 2.61 bits per heavy atom. The van der Waals surface area contributed by atoms with Crippen LogP contribution in [0.2, 0.25) is 5.02 Å². The summed E-state index contributed by atoms with van der Waals surface area (Å²) in [5.74, 6) is -0.416. The fourth-order valence-electron chi connectivity index (χ4n) is 2.48. The third-order valence-corrected chi connectivity index (χ3v) is 8.02. The molecule has 28 heavy (non-hydrogen) atoms. The second kappa shape index (κ2) is 8.71. The minimum absolute atomic E-state index is 0.176. The van der Waals surface area contributed by atoms with Crippen molar-refractivity contribution in [2.75, 3.05) is 0 Å². The molecule has 0 spiro atoms. The predicted octanol–water partition coefficient (Wildman–Crippen LogP) is 3.82. The number of halogens is 1. The van der Waals surface area contributed by atoms with Gasteiger partial charge in [0.25, 0.3) is 10.0 Å². The second-order valence-electron chi connectivity index (χ2n) is 6.01. The van der Waals surface area contributed by atoms with Crippen LogP contribution in [0, 0.1) is 6.92 Å². The smallest absolute Gasteiger partial charge is 0.250 e. The van der Waals surface area contributed by atoms with Crippen molar-refractivity contribution in [2.24, 2.45) is 0 Å². The van der Waals surface area contributed by atoms with E-state index in [0.29, 0.717) is 5.02 Å². The molecule has 0 fully saturated rings. The highest BCUT2D eigenvalue weighted by Gasteiger charge is 2.23. The maximum absolute atomic E-state index is 12.3. The monoisotopic (exact) mass is 455 g/mol. The van der Waals surface area contributed by atoms with Crippen LogP contribution in [0.3, 0.4) is 0 Å². The summed E-state index contributed by atoms with van der Waals surface area (Å²) in [5, 5.41) is 5.80. The second-order valence-corrected chi connectivity index (χ2v) is 10.6. The van der Waals surface area contributed by atoms with Gasteiger partial charge in [0.1, 0.15) is 9.22 Å². The summed E-state index contributed by atoms with van der Waals surface area (Å²) < 4.78 is 27.0. The number of benzene rings is 1. The van der Waals surface area contributed by atoms with Crippen LogP contribution in [0.4, 0.5) is 0 Å². The fraction of sp³-hybridized carbons (Fsp3) is 0.222. The number of aryl methyl sites for hydroxylation is 1. The number of aromatic nitrogens is 1. The van der Waals surface area contributed by atoms with Gasteiger partial charge in [0, 0.05) is 15.5 Å². The van der Waals surface area contributed by atoms with Gasteiger partial charge in [-0.3, -0.25) is 4.79 Å². The Bertz CT molecular complexity index is 1060. The highest BCUT2D eigenvalue weighted by molar-refractivity contribution is 7.91. The van der Waals surface area contributed by atoms with E-state index in [1.54, 1.807) is 23.6 Å². The fourth-order valence-corrected chi connectivity index (χ4v) is 5.71. The van der Waals surface area contributed by atoms with E-state index in [1.807, 2.05) is 19.1 Å². The standard InChI is InChI=1S/C18H18ClN3O3S3/c1-11(22-28(24,25)16-4-3-9-26-16)18(23)20-10-15-21-17(12(2)27-15)13-5-7-14(19)8-6-13/h3-9,11,22H,10H2,1-2H3,(H,20,23). The van der Waals surface area contributed by atoms with Crippen molar-refractivity contribution in [1.82, 2.24) is 15.0 Å². The minimum Gasteiger partial charge on any atom is -0.348 e. The molecule has 1 amide bonds. The van der Waals surface area contributed by atoms with E-state index in [4.69, 9.17) is 11.6 Å². The molecule has 0 saturated carbocycles. The molecule has 0 aliphatic heterocycles. The third kappa shape index (κ3) is 4.98. The number of thiophene rings is 1. The summed E-state index contributed by atoms with van der Waals surface area (Å²) >= 11 is 8.50. The first-order chi connectivity index (χ1) is 13.3. The van der Waals surface area contributed by atoms with Crippen LogP contribution >= 0.6 is 34.3 Å². The van der Waals surface area contributed by atoms with Crippen molar-refractivity contribution in [2.45, 2.75) is 30.6 Å². The van der Waals surface area contributed by atoms with Crippen molar-refractivity contribution in [3.05, 3.63) is 56.7 Å². The van der Waals surface area contributed by atoms with E-state index >= 15 is 0 Å². The van der Waals surface area contributed by atoms with Crippen LogP contribution in [0.15, 0.2) is 46.0 Å². The average Bonchev–Trinajstić information content (AvgIpc) is 3.30. The van der Waals surface area contributed by atoms with Crippen LogP contribution in [0.25, 0.3) is 11.3 Å². The van der Waals surface area contributed by atoms with Crippen molar-refractivity contribution >= 4 is 50.2 Å². The van der Waals surface area contributed by atoms with Gasteiger partial charge in [0.2, 0.25) is 5.91 Å². The lowest BCUT2D eigenvalue weighted by atomic mass is 10.1. The van der Waals surface area contributed by atoms with Crippen LogP contribution < -0.4 is 10.0 Å². The number of carbonyl (C=O) groups excluding carboxylic acids is 1. The normalized spacial score (nSPS) is 12.7. The topological polar surface area (TPSA) is 88.2 Å². The summed E-state index contributed by atoms with van der Waals surface area (Å²) in [6.45, 7) is 3.69. The number of carbonyl (C=O) groups is 1. The molecule has 0 bridgehead atoms. The summed E-state index contributed by atoms with van der Waals surface area (Å²) in [6.07, 6.45) is 0. The third-order valence-electron chi connectivity index (χ3n) is 3.86. The Balaban J connectivity index is 1.61. The first-order valence-electron chi connectivity index (χ1n) is 8.32. The summed E-state index contributed by atoms with van der Waals surface area (Å²) in [7, 11) is -3.70. The molecule has 1 atom stereocenters. The van der Waals surface area contributed by atoms with E-state index in [0.717, 1.165) is 32.5 Å². The molecule has 3 aromatic rings. The van der Waals surface area contributed by atoms with Crippen molar-refractivity contribution in [3.8, 4) is 11.3 Å². The van der Waals surface area contributed by atoms with Crippen molar-refractivity contribution < 1.29 is 13.2 Å². The molecule has 0 radical (unpaired) electrons. The first-order valence-corrected chi connectivity index (χ1v) is 11.9. The zero-order valence-electron chi connectivity index (χ0n) is 15.1. The lowest BCUT2D eigenvalue weighted by Gasteiger charge is -2.13. The maximum atomic E-state index is 12.3. The van der Waals surface area contributed by atoms with Gasteiger partial charge in [-0.25, -0.2) is 13.4 Å². The van der Waals surface area contributed by atoms with Gasteiger partial charge in [0.15, 0.2) is 0 Å². The summed E-state index contributed by atoms with van der Waals surface area (Å²) in [5.41, 5.74) is 1.80. The van der Waals surface area contributed by atoms with Crippen LogP contribution in [0.5, 0.6) is 0 Å². The van der Waals surface area contributed by atoms with Gasteiger partial charge >= 0.3 is 0 Å². The predicted molar refractivity (Wildman–Crippen MR) is 113 cm³/mol. The van der Waals surface area contributed by atoms with Crippen molar-refractivity contribution in [3.63, 3.8) is 0 Å². The van der Waals surface area contributed by atoms with Gasteiger partial charge in [-0.05, 0) is 37.4 Å². The molecule has 1 unspecified atom stereocenters. The van der Waals surface area contributed by atoms with Gasteiger partial charge in [-0.15, -0.1) is 22.7 Å². The lowest BCUT2D eigenvalue weighted by Crippen LogP contribution is -2.44. The zero-order valence-corrected chi connectivity index (χ0v) is 18.3. The number of amides is 1. The molecule has 0 saturated heterocycles. The Hall–Kier alpha value is -1.78. The van der Waals surface area contributed by atoms with Crippen LogP contribution in [-0.2, 0) is 21.4 Å². The van der Waals surface area contributed by atoms with Gasteiger partial charge in [0.05, 0.1) is 18.3 Å². The molecule has 6 nitrogen and oxygen atoms in total. The Morgan fingerprint density at radius 1 is 1.25 bits per heavy atom. The highest BCUT2D eigenvalue weighted by Crippen LogP contribution is 2.28. The van der Waals surface area contributed by atoms with Crippen LogP contribution in [-0.4, -0.2) is 25.4 Å². The Morgan fingerprint density at radius 2 is 1.96 bits per heavy atom. The number of nitrogens with zero attached hydrogens (tertiary/aromatic N) is 1. The van der Waals surface area contributed by atoms with E-state index in [9.17, 15) is 13.2 Å². The van der Waals surface area contributed by atoms with E-state index in [1.165, 1.54) is 24.3 Å². The number of rotatable bonds is 7. The average molecular weight is 456 g/mol. The largest absolute Gasteiger partial charge is 0.348 e. The first kappa shape index (κ1) is 20.9. The maximum Gasteiger partial charge on any atom is 0.250 e. The SMILES string of the molecule is Cc1sc(CNC(=O)C(C)NS(=O)(=O)c2cccs2)nc1-c1ccc(Cl)cc1. The van der Waals surface area contributed by atoms with E-state index < -0.39 is 22.0 Å². The summed E-state index contributed by atoms with van der Waals surface area (Å²) in [4.78, 5) is 17.9. The molecule has 2 N–H and O–H groups in total. The molecular formula is C18H18ClN3O3S3. The zero-order chi connectivity index (χ0) is 20.3. The van der Waals surface area contributed by atoms with E-state index in [2.05, 4.69) is 15.0 Å². The quantitative estimate of drug-likeness (QED) is 0.566. The molecule has 2 aromatic heterocycles. The summed E-state index contributed by atoms with van der Waals surface area (Å²) in [6, 6.07) is 9.64. The number of sulfonamides is 1. The lowest BCUT2D eigenvalue weighted by molar-refractivity contribution is -0.122. The molecule has 148 valence electrons. The molecule has 1 aromatic carbocycles. The molecule has 2 heterocycles. The molecular weight excluding hydrogens is 438 g/mol. The molecule has 0 aliphatic rings. The van der Waals surface area contributed by atoms with Crippen LogP contribution in [0.1, 0.15) is 16.8 Å².